The molecule has 0 fully saturated rings. The largest absolute Gasteiger partial charge is 0.495 e. The molecule has 0 unspecified atom stereocenters. The molecule has 0 atom stereocenters. The van der Waals surface area contributed by atoms with Crippen molar-refractivity contribution in [1.82, 2.24) is 5.32 Å². The average Bonchev–Trinajstić information content (AvgIpc) is 2.22. The fourth-order valence-corrected chi connectivity index (χ4v) is 1.27. The smallest absolute Gasteiger partial charge is 0.319 e. The highest BCUT2D eigenvalue weighted by molar-refractivity contribution is 6.31. The van der Waals surface area contributed by atoms with Crippen molar-refractivity contribution in [3.63, 3.8) is 0 Å². The first-order chi connectivity index (χ1) is 7.08. The Bertz CT molecular complexity index is 380. The molecule has 0 saturated carbocycles. The van der Waals surface area contributed by atoms with Crippen molar-refractivity contribution in [2.45, 2.75) is 6.92 Å². The molecule has 1 aromatic rings. The molecular formula is C10H13ClN2O2. The van der Waals surface area contributed by atoms with Crippen molar-refractivity contribution in [2.75, 3.05) is 19.5 Å². The third kappa shape index (κ3) is 2.76. The molecule has 0 aliphatic rings. The molecule has 5 heteroatoms. The van der Waals surface area contributed by atoms with Crippen molar-refractivity contribution < 1.29 is 9.53 Å². The molecule has 0 radical (unpaired) electrons. The minimum Gasteiger partial charge on any atom is -0.495 e. The number of ether oxygens (including phenoxy) is 1. The molecule has 0 bridgehead atoms. The lowest BCUT2D eigenvalue weighted by molar-refractivity contribution is 0.254. The maximum atomic E-state index is 11.1. The highest BCUT2D eigenvalue weighted by Crippen LogP contribution is 2.30. The SMILES string of the molecule is CNC(=O)Nc1cc(Cl)c(C)cc1OC. The number of methoxy groups -OCH3 is 1. The number of hydrogen-bond acceptors (Lipinski definition) is 2. The van der Waals surface area contributed by atoms with Gasteiger partial charge in [0.2, 0.25) is 0 Å². The van der Waals surface area contributed by atoms with Gasteiger partial charge in [0.05, 0.1) is 12.8 Å². The van der Waals surface area contributed by atoms with E-state index in [-0.39, 0.29) is 6.03 Å². The van der Waals surface area contributed by atoms with Gasteiger partial charge in [0, 0.05) is 12.1 Å². The number of nitrogens with one attached hydrogen (secondary N) is 2. The number of benzene rings is 1. The van der Waals surface area contributed by atoms with E-state index in [1.165, 1.54) is 14.2 Å². The molecule has 0 saturated heterocycles. The van der Waals surface area contributed by atoms with E-state index in [9.17, 15) is 4.79 Å². The molecule has 82 valence electrons. The molecule has 1 aromatic carbocycles. The van der Waals surface area contributed by atoms with Crippen LogP contribution in [-0.2, 0) is 0 Å². The first kappa shape index (κ1) is 11.7. The summed E-state index contributed by atoms with van der Waals surface area (Å²) in [5.74, 6) is 0.584. The average molecular weight is 229 g/mol. The van der Waals surface area contributed by atoms with Crippen molar-refractivity contribution in [1.29, 1.82) is 0 Å². The Balaban J connectivity index is 3.05. The minimum atomic E-state index is -0.312. The van der Waals surface area contributed by atoms with E-state index < -0.39 is 0 Å². The zero-order chi connectivity index (χ0) is 11.4. The summed E-state index contributed by atoms with van der Waals surface area (Å²) in [7, 11) is 3.08. The van der Waals surface area contributed by atoms with Gasteiger partial charge in [-0.3, -0.25) is 0 Å². The number of urea groups is 1. The Morgan fingerprint density at radius 1 is 1.47 bits per heavy atom. The van der Waals surface area contributed by atoms with Crippen LogP contribution in [0.3, 0.4) is 0 Å². The zero-order valence-corrected chi connectivity index (χ0v) is 9.61. The van der Waals surface area contributed by atoms with Crippen LogP contribution < -0.4 is 15.4 Å². The Hall–Kier alpha value is -1.42. The number of amides is 2. The molecular weight excluding hydrogens is 216 g/mol. The summed E-state index contributed by atoms with van der Waals surface area (Å²) in [5, 5.41) is 5.66. The minimum absolute atomic E-state index is 0.312. The molecule has 0 spiro atoms. The fraction of sp³-hybridized carbons (Fsp3) is 0.300. The lowest BCUT2D eigenvalue weighted by Crippen LogP contribution is -2.24. The number of hydrogen-bond donors (Lipinski definition) is 2. The Kier molecular flexibility index (Phi) is 3.80. The van der Waals surface area contributed by atoms with Gasteiger partial charge in [0.15, 0.2) is 0 Å². The summed E-state index contributed by atoms with van der Waals surface area (Å²) in [6.45, 7) is 1.87. The lowest BCUT2D eigenvalue weighted by Gasteiger charge is -2.11. The third-order valence-corrected chi connectivity index (χ3v) is 2.36. The predicted octanol–water partition coefficient (Wildman–Crippen LogP) is 2.41. The van der Waals surface area contributed by atoms with Crippen LogP contribution in [0.2, 0.25) is 5.02 Å². The number of halogens is 1. The zero-order valence-electron chi connectivity index (χ0n) is 8.85. The van der Waals surface area contributed by atoms with E-state index in [2.05, 4.69) is 10.6 Å². The Labute approximate surface area is 93.6 Å². The fourth-order valence-electron chi connectivity index (χ4n) is 1.11. The highest BCUT2D eigenvalue weighted by atomic mass is 35.5. The molecule has 0 aliphatic heterocycles. The topological polar surface area (TPSA) is 50.4 Å². The van der Waals surface area contributed by atoms with Crippen molar-refractivity contribution >= 4 is 23.3 Å². The van der Waals surface area contributed by atoms with Gasteiger partial charge in [-0.1, -0.05) is 11.6 Å². The van der Waals surface area contributed by atoms with Crippen LogP contribution in [0, 0.1) is 6.92 Å². The second kappa shape index (κ2) is 4.89. The number of carbonyl (C=O) groups is 1. The molecule has 2 N–H and O–H groups in total. The van der Waals surface area contributed by atoms with Crippen LogP contribution >= 0.6 is 11.6 Å². The van der Waals surface area contributed by atoms with Crippen LogP contribution in [0.15, 0.2) is 12.1 Å². The molecule has 1 rings (SSSR count). The number of aryl methyl sites for hydroxylation is 1. The van der Waals surface area contributed by atoms with Crippen LogP contribution in [0.4, 0.5) is 10.5 Å². The summed E-state index contributed by atoms with van der Waals surface area (Å²) in [6, 6.07) is 3.12. The van der Waals surface area contributed by atoms with Crippen molar-refractivity contribution in [3.05, 3.63) is 22.7 Å². The summed E-state index contributed by atoms with van der Waals surface area (Å²) in [4.78, 5) is 11.1. The van der Waals surface area contributed by atoms with Gasteiger partial charge in [0.25, 0.3) is 0 Å². The van der Waals surface area contributed by atoms with Gasteiger partial charge < -0.3 is 15.4 Å². The summed E-state index contributed by atoms with van der Waals surface area (Å²) >= 11 is 5.94. The summed E-state index contributed by atoms with van der Waals surface area (Å²) in [6.07, 6.45) is 0. The van der Waals surface area contributed by atoms with Gasteiger partial charge in [-0.15, -0.1) is 0 Å². The van der Waals surface area contributed by atoms with E-state index in [1.807, 2.05) is 6.92 Å². The number of rotatable bonds is 2. The second-order valence-corrected chi connectivity index (χ2v) is 3.41. The van der Waals surface area contributed by atoms with Gasteiger partial charge >= 0.3 is 6.03 Å². The quantitative estimate of drug-likeness (QED) is 0.817. The maximum absolute atomic E-state index is 11.1. The monoisotopic (exact) mass is 228 g/mol. The first-order valence-electron chi connectivity index (χ1n) is 4.41. The summed E-state index contributed by atoms with van der Waals surface area (Å²) in [5.41, 5.74) is 1.45. The van der Waals surface area contributed by atoms with Crippen LogP contribution in [0.25, 0.3) is 0 Å². The number of carbonyl (C=O) groups excluding carboxylic acids is 1. The highest BCUT2D eigenvalue weighted by Gasteiger charge is 2.08. The van der Waals surface area contributed by atoms with E-state index in [0.717, 1.165) is 5.56 Å². The first-order valence-corrected chi connectivity index (χ1v) is 4.79. The van der Waals surface area contributed by atoms with Gasteiger partial charge in [-0.05, 0) is 24.6 Å². The summed E-state index contributed by atoms with van der Waals surface area (Å²) < 4.78 is 5.13. The molecule has 15 heavy (non-hydrogen) atoms. The van der Waals surface area contributed by atoms with Crippen LogP contribution in [-0.4, -0.2) is 20.2 Å². The van der Waals surface area contributed by atoms with E-state index >= 15 is 0 Å². The van der Waals surface area contributed by atoms with Crippen molar-refractivity contribution in [2.24, 2.45) is 0 Å². The Morgan fingerprint density at radius 2 is 2.13 bits per heavy atom. The van der Waals surface area contributed by atoms with Crippen molar-refractivity contribution in [3.8, 4) is 5.75 Å². The second-order valence-electron chi connectivity index (χ2n) is 3.01. The normalized spacial score (nSPS) is 9.60. The maximum Gasteiger partial charge on any atom is 0.319 e. The van der Waals surface area contributed by atoms with Gasteiger partial charge in [0.1, 0.15) is 5.75 Å². The van der Waals surface area contributed by atoms with Gasteiger partial charge in [-0.2, -0.15) is 0 Å². The number of anilines is 1. The lowest BCUT2D eigenvalue weighted by atomic mass is 10.2. The molecule has 0 aromatic heterocycles. The van der Waals surface area contributed by atoms with E-state index in [1.54, 1.807) is 12.1 Å². The Morgan fingerprint density at radius 3 is 2.67 bits per heavy atom. The predicted molar refractivity (Wildman–Crippen MR) is 60.8 cm³/mol. The molecule has 0 heterocycles. The molecule has 0 aliphatic carbocycles. The molecule has 4 nitrogen and oxygen atoms in total. The third-order valence-electron chi connectivity index (χ3n) is 1.96. The van der Waals surface area contributed by atoms with Crippen LogP contribution in [0.5, 0.6) is 5.75 Å². The van der Waals surface area contributed by atoms with Gasteiger partial charge in [-0.25, -0.2) is 4.79 Å². The van der Waals surface area contributed by atoms with Crippen LogP contribution in [0.1, 0.15) is 5.56 Å². The molecule has 2 amide bonds. The van der Waals surface area contributed by atoms with E-state index in [4.69, 9.17) is 16.3 Å². The standard InChI is InChI=1S/C10H13ClN2O2/c1-6-4-9(15-3)8(5-7(6)11)13-10(14)12-2/h4-5H,1-3H3,(H2,12,13,14). The van der Waals surface area contributed by atoms with E-state index in [0.29, 0.717) is 16.5 Å².